The van der Waals surface area contributed by atoms with Crippen molar-refractivity contribution in [1.29, 1.82) is 0 Å². The van der Waals surface area contributed by atoms with Gasteiger partial charge in [0.25, 0.3) is 5.91 Å². The smallest absolute Gasteiger partial charge is 0.290 e. The van der Waals surface area contributed by atoms with E-state index in [2.05, 4.69) is 15.5 Å². The lowest BCUT2D eigenvalue weighted by atomic mass is 10.2. The highest BCUT2D eigenvalue weighted by atomic mass is 16.5. The second-order valence-electron chi connectivity index (χ2n) is 5.18. The highest BCUT2D eigenvalue weighted by molar-refractivity contribution is 5.95. The SMILES string of the molecule is CCOc1ccc(/C=N/NC(=O)c2c(C)nc3ccccn23)cc1. The van der Waals surface area contributed by atoms with Crippen LogP contribution in [0.1, 0.15) is 28.7 Å². The van der Waals surface area contributed by atoms with Crippen LogP contribution in [0.25, 0.3) is 5.65 Å². The molecule has 0 aliphatic heterocycles. The summed E-state index contributed by atoms with van der Waals surface area (Å²) in [5, 5.41) is 4.01. The average molecular weight is 322 g/mol. The van der Waals surface area contributed by atoms with E-state index < -0.39 is 0 Å². The van der Waals surface area contributed by atoms with Gasteiger partial charge in [0.1, 0.15) is 17.1 Å². The van der Waals surface area contributed by atoms with E-state index in [4.69, 9.17) is 4.74 Å². The fourth-order valence-corrected chi connectivity index (χ4v) is 2.42. The summed E-state index contributed by atoms with van der Waals surface area (Å²) in [5.41, 5.74) is 5.29. The molecule has 3 rings (SSSR count). The quantitative estimate of drug-likeness (QED) is 0.580. The van der Waals surface area contributed by atoms with E-state index in [1.54, 1.807) is 23.7 Å². The van der Waals surface area contributed by atoms with Crippen LogP contribution in [0.15, 0.2) is 53.8 Å². The van der Waals surface area contributed by atoms with Gasteiger partial charge in [-0.15, -0.1) is 0 Å². The Morgan fingerprint density at radius 1 is 1.29 bits per heavy atom. The molecule has 1 N–H and O–H groups in total. The molecule has 2 heterocycles. The Bertz CT molecular complexity index is 882. The summed E-state index contributed by atoms with van der Waals surface area (Å²) >= 11 is 0. The van der Waals surface area contributed by atoms with Crippen molar-refractivity contribution in [2.45, 2.75) is 13.8 Å². The second-order valence-corrected chi connectivity index (χ2v) is 5.18. The summed E-state index contributed by atoms with van der Waals surface area (Å²) in [7, 11) is 0. The first-order chi connectivity index (χ1) is 11.7. The molecule has 0 aliphatic carbocycles. The third-order valence-corrected chi connectivity index (χ3v) is 3.49. The Morgan fingerprint density at radius 3 is 2.83 bits per heavy atom. The Balaban J connectivity index is 1.71. The molecule has 6 nitrogen and oxygen atoms in total. The fraction of sp³-hybridized carbons (Fsp3) is 0.167. The maximum Gasteiger partial charge on any atom is 0.290 e. The highest BCUT2D eigenvalue weighted by Gasteiger charge is 2.15. The van der Waals surface area contributed by atoms with Crippen molar-refractivity contribution in [2.75, 3.05) is 6.61 Å². The lowest BCUT2D eigenvalue weighted by Gasteiger charge is -2.03. The minimum atomic E-state index is -0.298. The summed E-state index contributed by atoms with van der Waals surface area (Å²) in [6.45, 7) is 4.37. The Hall–Kier alpha value is -3.15. The molecule has 6 heteroatoms. The number of fused-ring (bicyclic) bond motifs is 1. The van der Waals surface area contributed by atoms with Crippen LogP contribution in [0.4, 0.5) is 0 Å². The van der Waals surface area contributed by atoms with Gasteiger partial charge in [0, 0.05) is 6.20 Å². The first-order valence-electron chi connectivity index (χ1n) is 7.69. The second kappa shape index (κ2) is 6.95. The van der Waals surface area contributed by atoms with Crippen molar-refractivity contribution >= 4 is 17.8 Å². The summed E-state index contributed by atoms with van der Waals surface area (Å²) < 4.78 is 7.13. The number of aromatic nitrogens is 2. The van der Waals surface area contributed by atoms with E-state index in [1.807, 2.05) is 49.4 Å². The van der Waals surface area contributed by atoms with E-state index >= 15 is 0 Å². The number of nitrogens with zero attached hydrogens (tertiary/aromatic N) is 3. The summed E-state index contributed by atoms with van der Waals surface area (Å²) in [5.74, 6) is 0.508. The molecule has 0 saturated carbocycles. The molecule has 0 bridgehead atoms. The first kappa shape index (κ1) is 15.7. The molecule has 0 unspecified atom stereocenters. The van der Waals surface area contributed by atoms with Crippen LogP contribution in [0.3, 0.4) is 0 Å². The monoisotopic (exact) mass is 322 g/mol. The third-order valence-electron chi connectivity index (χ3n) is 3.49. The van der Waals surface area contributed by atoms with E-state index in [0.717, 1.165) is 17.0 Å². The number of hydrogen-bond donors (Lipinski definition) is 1. The highest BCUT2D eigenvalue weighted by Crippen LogP contribution is 2.12. The lowest BCUT2D eigenvalue weighted by Crippen LogP contribution is -2.20. The predicted molar refractivity (Wildman–Crippen MR) is 92.6 cm³/mol. The van der Waals surface area contributed by atoms with E-state index in [9.17, 15) is 4.79 Å². The van der Waals surface area contributed by atoms with Gasteiger partial charge in [-0.3, -0.25) is 9.20 Å². The van der Waals surface area contributed by atoms with Gasteiger partial charge >= 0.3 is 0 Å². The maximum atomic E-state index is 12.4. The number of imidazole rings is 1. The largest absolute Gasteiger partial charge is 0.494 e. The molecule has 0 spiro atoms. The Kier molecular flexibility index (Phi) is 4.56. The average Bonchev–Trinajstić information content (AvgIpc) is 2.92. The fourth-order valence-electron chi connectivity index (χ4n) is 2.42. The standard InChI is InChI=1S/C18H18N4O2/c1-3-24-15-9-7-14(8-10-15)12-19-21-18(23)17-13(2)20-16-6-4-5-11-22(16)17/h4-12H,3H2,1-2H3,(H,21,23)/b19-12+. The number of carbonyl (C=O) groups is 1. The predicted octanol–water partition coefficient (Wildman–Crippen LogP) is 2.81. The number of amides is 1. The molecule has 0 atom stereocenters. The molecule has 0 fully saturated rings. The minimum absolute atomic E-state index is 0.298. The zero-order valence-electron chi connectivity index (χ0n) is 13.6. The van der Waals surface area contributed by atoms with E-state index in [-0.39, 0.29) is 5.91 Å². The number of aryl methyl sites for hydroxylation is 1. The topological polar surface area (TPSA) is 68.0 Å². The lowest BCUT2D eigenvalue weighted by molar-refractivity contribution is 0.0948. The number of rotatable bonds is 5. The van der Waals surface area contributed by atoms with Gasteiger partial charge in [-0.25, -0.2) is 10.4 Å². The van der Waals surface area contributed by atoms with Gasteiger partial charge in [-0.2, -0.15) is 5.10 Å². The van der Waals surface area contributed by atoms with Gasteiger partial charge in [0.05, 0.1) is 18.5 Å². The van der Waals surface area contributed by atoms with Crippen molar-refractivity contribution in [3.8, 4) is 5.75 Å². The zero-order chi connectivity index (χ0) is 16.9. The van der Waals surface area contributed by atoms with Gasteiger partial charge in [0.15, 0.2) is 0 Å². The molecular weight excluding hydrogens is 304 g/mol. The molecule has 2 aromatic heterocycles. The van der Waals surface area contributed by atoms with E-state index in [1.165, 1.54) is 0 Å². The molecule has 0 radical (unpaired) electrons. The first-order valence-corrected chi connectivity index (χ1v) is 7.69. The van der Waals surface area contributed by atoms with Crippen LogP contribution >= 0.6 is 0 Å². The molecular formula is C18H18N4O2. The molecule has 1 amide bonds. The van der Waals surface area contributed by atoms with Crippen molar-refractivity contribution in [3.63, 3.8) is 0 Å². The van der Waals surface area contributed by atoms with E-state index in [0.29, 0.717) is 18.0 Å². The molecule has 3 aromatic rings. The van der Waals surface area contributed by atoms with Gasteiger partial charge in [-0.05, 0) is 55.8 Å². The number of hydrazone groups is 1. The van der Waals surface area contributed by atoms with Crippen LogP contribution in [-0.4, -0.2) is 28.1 Å². The van der Waals surface area contributed by atoms with Crippen molar-refractivity contribution < 1.29 is 9.53 Å². The van der Waals surface area contributed by atoms with Gasteiger partial charge in [-0.1, -0.05) is 6.07 Å². The molecule has 122 valence electrons. The number of pyridine rings is 1. The van der Waals surface area contributed by atoms with Gasteiger partial charge in [0.2, 0.25) is 0 Å². The summed E-state index contributed by atoms with van der Waals surface area (Å²) in [6.07, 6.45) is 3.40. The van der Waals surface area contributed by atoms with Crippen LogP contribution in [-0.2, 0) is 0 Å². The number of hydrogen-bond acceptors (Lipinski definition) is 4. The number of ether oxygens (including phenoxy) is 1. The normalized spacial score (nSPS) is 11.1. The van der Waals surface area contributed by atoms with Crippen molar-refractivity contribution in [2.24, 2.45) is 5.10 Å². The summed E-state index contributed by atoms with van der Waals surface area (Å²) in [6, 6.07) is 13.1. The Labute approximate surface area is 139 Å². The van der Waals surface area contributed by atoms with Crippen molar-refractivity contribution in [1.82, 2.24) is 14.8 Å². The zero-order valence-corrected chi connectivity index (χ0v) is 13.6. The van der Waals surface area contributed by atoms with Crippen LogP contribution in [0.2, 0.25) is 0 Å². The van der Waals surface area contributed by atoms with Crippen LogP contribution < -0.4 is 10.2 Å². The number of benzene rings is 1. The summed E-state index contributed by atoms with van der Waals surface area (Å²) in [4.78, 5) is 16.7. The number of carbonyl (C=O) groups excluding carboxylic acids is 1. The van der Waals surface area contributed by atoms with Crippen LogP contribution in [0.5, 0.6) is 5.75 Å². The minimum Gasteiger partial charge on any atom is -0.494 e. The van der Waals surface area contributed by atoms with Gasteiger partial charge < -0.3 is 4.74 Å². The van der Waals surface area contributed by atoms with Crippen molar-refractivity contribution in [3.05, 3.63) is 65.6 Å². The molecule has 24 heavy (non-hydrogen) atoms. The molecule has 1 aromatic carbocycles. The maximum absolute atomic E-state index is 12.4. The number of nitrogens with one attached hydrogen (secondary N) is 1. The van der Waals surface area contributed by atoms with Crippen LogP contribution in [0, 0.1) is 6.92 Å². The Morgan fingerprint density at radius 2 is 2.08 bits per heavy atom. The molecule has 0 saturated heterocycles. The third kappa shape index (κ3) is 3.27. The molecule has 0 aliphatic rings.